The fourth-order valence-electron chi connectivity index (χ4n) is 2.32. The van der Waals surface area contributed by atoms with Crippen molar-refractivity contribution in [2.75, 3.05) is 26.7 Å². The zero-order valence-corrected chi connectivity index (χ0v) is 11.2. The molecular weight excluding hydrogens is 232 g/mol. The second kappa shape index (κ2) is 6.39. The lowest BCUT2D eigenvalue weighted by Crippen LogP contribution is -2.41. The van der Waals surface area contributed by atoms with Crippen LogP contribution < -0.4 is 5.32 Å². The Bertz CT molecular complexity index is 346. The summed E-state index contributed by atoms with van der Waals surface area (Å²) in [5, 5.41) is 4.52. The average Bonchev–Trinajstić information content (AvgIpc) is 2.34. The lowest BCUT2D eigenvalue weighted by molar-refractivity contribution is 0.235. The van der Waals surface area contributed by atoms with Crippen molar-refractivity contribution in [3.05, 3.63) is 34.9 Å². The van der Waals surface area contributed by atoms with Gasteiger partial charge in [0.1, 0.15) is 0 Å². The topological polar surface area (TPSA) is 15.3 Å². The summed E-state index contributed by atoms with van der Waals surface area (Å²) >= 11 is 6.13. The molecule has 0 saturated carbocycles. The molecule has 94 valence electrons. The lowest BCUT2D eigenvalue weighted by Gasteiger charge is -2.29. The van der Waals surface area contributed by atoms with E-state index < -0.39 is 0 Å². The number of piperidine rings is 1. The van der Waals surface area contributed by atoms with E-state index in [4.69, 9.17) is 11.6 Å². The maximum Gasteiger partial charge on any atom is 0.0438 e. The van der Waals surface area contributed by atoms with Crippen molar-refractivity contribution in [3.63, 3.8) is 0 Å². The Morgan fingerprint density at radius 1 is 1.29 bits per heavy atom. The molecule has 0 bridgehead atoms. The second-order valence-electron chi connectivity index (χ2n) is 4.87. The largest absolute Gasteiger partial charge is 0.314 e. The van der Waals surface area contributed by atoms with Gasteiger partial charge in [-0.05, 0) is 57.6 Å². The van der Waals surface area contributed by atoms with Crippen LogP contribution in [-0.4, -0.2) is 37.6 Å². The monoisotopic (exact) mass is 252 g/mol. The van der Waals surface area contributed by atoms with Gasteiger partial charge in [0.2, 0.25) is 0 Å². The minimum absolute atomic E-state index is 0.689. The van der Waals surface area contributed by atoms with Gasteiger partial charge in [0, 0.05) is 11.1 Å². The molecule has 1 aliphatic rings. The molecule has 0 unspecified atom stereocenters. The van der Waals surface area contributed by atoms with Gasteiger partial charge in [-0.25, -0.2) is 0 Å². The number of benzene rings is 1. The molecule has 1 saturated heterocycles. The van der Waals surface area contributed by atoms with Gasteiger partial charge >= 0.3 is 0 Å². The van der Waals surface area contributed by atoms with Crippen LogP contribution in [0.4, 0.5) is 0 Å². The summed E-state index contributed by atoms with van der Waals surface area (Å²) < 4.78 is 0. The average molecular weight is 253 g/mol. The molecule has 1 fully saturated rings. The van der Waals surface area contributed by atoms with Crippen LogP contribution >= 0.6 is 11.6 Å². The molecule has 1 N–H and O–H groups in total. The zero-order chi connectivity index (χ0) is 12.1. The van der Waals surface area contributed by atoms with E-state index in [1.807, 2.05) is 12.1 Å². The maximum absolute atomic E-state index is 6.13. The molecule has 2 rings (SSSR count). The third kappa shape index (κ3) is 3.98. The van der Waals surface area contributed by atoms with Gasteiger partial charge in [0.25, 0.3) is 0 Å². The first kappa shape index (κ1) is 12.9. The number of hydrogen-bond donors (Lipinski definition) is 1. The Morgan fingerprint density at radius 2 is 2.00 bits per heavy atom. The van der Waals surface area contributed by atoms with Gasteiger partial charge < -0.3 is 10.2 Å². The summed E-state index contributed by atoms with van der Waals surface area (Å²) in [6.07, 6.45) is 3.55. The summed E-state index contributed by atoms with van der Waals surface area (Å²) in [6, 6.07) is 8.80. The lowest BCUT2D eigenvalue weighted by atomic mass is 10.1. The maximum atomic E-state index is 6.13. The number of nitrogens with one attached hydrogen (secondary N) is 1. The summed E-state index contributed by atoms with van der Waals surface area (Å²) in [6.45, 7) is 3.45. The van der Waals surface area contributed by atoms with Crippen molar-refractivity contribution in [3.8, 4) is 0 Å². The highest BCUT2D eigenvalue weighted by atomic mass is 35.5. The molecule has 0 aliphatic carbocycles. The fourth-order valence-corrected chi connectivity index (χ4v) is 2.56. The summed E-state index contributed by atoms with van der Waals surface area (Å²) in [5.74, 6) is 0. The molecule has 2 nitrogen and oxygen atoms in total. The standard InChI is InChI=1S/C14H21ClN2/c1-17-10-7-13(8-11-17)16-9-6-12-4-2-3-5-14(12)15/h2-5,13,16H,6-11H2,1H3. The number of rotatable bonds is 4. The highest BCUT2D eigenvalue weighted by molar-refractivity contribution is 6.31. The molecule has 0 aromatic heterocycles. The van der Waals surface area contributed by atoms with Gasteiger partial charge in [0.05, 0.1) is 0 Å². The Hall–Kier alpha value is -0.570. The van der Waals surface area contributed by atoms with Crippen molar-refractivity contribution in [2.45, 2.75) is 25.3 Å². The van der Waals surface area contributed by atoms with Gasteiger partial charge in [-0.2, -0.15) is 0 Å². The van der Waals surface area contributed by atoms with Crippen LogP contribution in [0.5, 0.6) is 0 Å². The SMILES string of the molecule is CN1CCC(NCCc2ccccc2Cl)CC1. The van der Waals surface area contributed by atoms with E-state index in [-0.39, 0.29) is 0 Å². The third-order valence-electron chi connectivity index (χ3n) is 3.50. The van der Waals surface area contributed by atoms with Crippen LogP contribution in [-0.2, 0) is 6.42 Å². The second-order valence-corrected chi connectivity index (χ2v) is 5.28. The van der Waals surface area contributed by atoms with E-state index in [1.54, 1.807) is 0 Å². The van der Waals surface area contributed by atoms with E-state index in [1.165, 1.54) is 31.5 Å². The van der Waals surface area contributed by atoms with Crippen LogP contribution in [0, 0.1) is 0 Å². The first-order valence-electron chi connectivity index (χ1n) is 6.41. The number of hydrogen-bond acceptors (Lipinski definition) is 2. The molecular formula is C14H21ClN2. The Balaban J connectivity index is 1.71. The van der Waals surface area contributed by atoms with Gasteiger partial charge in [-0.3, -0.25) is 0 Å². The number of likely N-dealkylation sites (tertiary alicyclic amines) is 1. The minimum atomic E-state index is 0.689. The first-order chi connectivity index (χ1) is 8.25. The molecule has 1 heterocycles. The van der Waals surface area contributed by atoms with E-state index in [9.17, 15) is 0 Å². The van der Waals surface area contributed by atoms with E-state index in [0.717, 1.165) is 18.0 Å². The molecule has 0 spiro atoms. The Labute approximate surface area is 109 Å². The highest BCUT2D eigenvalue weighted by Crippen LogP contribution is 2.15. The summed E-state index contributed by atoms with van der Waals surface area (Å²) in [4.78, 5) is 2.40. The van der Waals surface area contributed by atoms with Crippen LogP contribution in [0.25, 0.3) is 0 Å². The number of nitrogens with zero attached hydrogens (tertiary/aromatic N) is 1. The van der Waals surface area contributed by atoms with Gasteiger partial charge in [-0.15, -0.1) is 0 Å². The van der Waals surface area contributed by atoms with Crippen LogP contribution in [0.3, 0.4) is 0 Å². The van der Waals surface area contributed by atoms with Crippen molar-refractivity contribution >= 4 is 11.6 Å². The van der Waals surface area contributed by atoms with Crippen molar-refractivity contribution < 1.29 is 0 Å². The zero-order valence-electron chi connectivity index (χ0n) is 10.5. The Morgan fingerprint density at radius 3 is 2.71 bits per heavy atom. The smallest absolute Gasteiger partial charge is 0.0438 e. The Kier molecular flexibility index (Phi) is 4.84. The van der Waals surface area contributed by atoms with Gasteiger partial charge in [0.15, 0.2) is 0 Å². The van der Waals surface area contributed by atoms with Crippen molar-refractivity contribution in [2.24, 2.45) is 0 Å². The van der Waals surface area contributed by atoms with Crippen LogP contribution in [0.15, 0.2) is 24.3 Å². The van der Waals surface area contributed by atoms with Gasteiger partial charge in [-0.1, -0.05) is 29.8 Å². The van der Waals surface area contributed by atoms with E-state index in [0.29, 0.717) is 6.04 Å². The predicted octanol–water partition coefficient (Wildman–Crippen LogP) is 2.57. The molecule has 0 radical (unpaired) electrons. The van der Waals surface area contributed by atoms with E-state index in [2.05, 4.69) is 29.4 Å². The van der Waals surface area contributed by atoms with Crippen molar-refractivity contribution in [1.82, 2.24) is 10.2 Å². The molecule has 1 aliphatic heterocycles. The minimum Gasteiger partial charge on any atom is -0.314 e. The normalized spacial score (nSPS) is 18.5. The predicted molar refractivity (Wildman–Crippen MR) is 73.7 cm³/mol. The fraction of sp³-hybridized carbons (Fsp3) is 0.571. The quantitative estimate of drug-likeness (QED) is 0.886. The molecule has 0 amide bonds. The molecule has 3 heteroatoms. The molecule has 17 heavy (non-hydrogen) atoms. The van der Waals surface area contributed by atoms with E-state index >= 15 is 0 Å². The summed E-state index contributed by atoms with van der Waals surface area (Å²) in [5.41, 5.74) is 1.24. The highest BCUT2D eigenvalue weighted by Gasteiger charge is 2.15. The summed E-state index contributed by atoms with van der Waals surface area (Å²) in [7, 11) is 2.19. The third-order valence-corrected chi connectivity index (χ3v) is 3.87. The molecule has 1 aromatic carbocycles. The number of halogens is 1. The van der Waals surface area contributed by atoms with Crippen molar-refractivity contribution in [1.29, 1.82) is 0 Å². The molecule has 0 atom stereocenters. The first-order valence-corrected chi connectivity index (χ1v) is 6.79. The van der Waals surface area contributed by atoms with Crippen LogP contribution in [0.1, 0.15) is 18.4 Å². The van der Waals surface area contributed by atoms with Crippen LogP contribution in [0.2, 0.25) is 5.02 Å². The molecule has 1 aromatic rings.